The minimum atomic E-state index is 0.623. The van der Waals surface area contributed by atoms with Crippen LogP contribution in [0.15, 0.2) is 36.4 Å². The summed E-state index contributed by atoms with van der Waals surface area (Å²) >= 11 is 12.7. The average Bonchev–Trinajstić information content (AvgIpc) is 3.06. The molecule has 0 aliphatic carbocycles. The number of halogens is 2. The summed E-state index contributed by atoms with van der Waals surface area (Å²) in [6, 6.07) is 12.6. The Morgan fingerprint density at radius 2 is 1.78 bits per heavy atom. The molecule has 0 saturated heterocycles. The molecule has 0 fully saturated rings. The predicted molar refractivity (Wildman–Crippen MR) is 101 cm³/mol. The molecule has 120 valence electrons. The molecule has 3 aromatic rings. The molecule has 1 aliphatic rings. The van der Waals surface area contributed by atoms with Crippen LogP contribution in [0.3, 0.4) is 0 Å². The van der Waals surface area contributed by atoms with Gasteiger partial charge < -0.3 is 9.88 Å². The van der Waals surface area contributed by atoms with E-state index >= 15 is 0 Å². The van der Waals surface area contributed by atoms with Gasteiger partial charge in [0.05, 0.1) is 21.3 Å². The summed E-state index contributed by atoms with van der Waals surface area (Å²) in [7, 11) is 3.75. The van der Waals surface area contributed by atoms with Crippen molar-refractivity contribution >= 4 is 34.1 Å². The van der Waals surface area contributed by atoms with Gasteiger partial charge in [-0.15, -0.1) is 0 Å². The van der Waals surface area contributed by atoms with Crippen molar-refractivity contribution < 1.29 is 0 Å². The highest BCUT2D eigenvalue weighted by atomic mass is 35.5. The van der Waals surface area contributed by atoms with Crippen LogP contribution >= 0.6 is 23.2 Å². The van der Waals surface area contributed by atoms with Gasteiger partial charge in [-0.2, -0.15) is 0 Å². The zero-order valence-electron chi connectivity index (χ0n) is 13.6. The van der Waals surface area contributed by atoms with Crippen molar-refractivity contribution in [2.24, 2.45) is 0 Å². The molecule has 2 aromatic carbocycles. The third-order valence-electron chi connectivity index (χ3n) is 4.17. The molecule has 0 atom stereocenters. The summed E-state index contributed by atoms with van der Waals surface area (Å²) in [4.78, 5) is 0. The molecule has 0 saturated carbocycles. The monoisotopic (exact) mass is 346 g/mol. The second-order valence-electron chi connectivity index (χ2n) is 5.68. The molecule has 0 bridgehead atoms. The Hall–Kier alpha value is -1.48. The molecule has 1 N–H and O–H groups in total. The van der Waals surface area contributed by atoms with Crippen molar-refractivity contribution in [1.29, 1.82) is 0 Å². The largest absolute Gasteiger partial charge is 0.334 e. The first-order chi connectivity index (χ1) is 11.1. The van der Waals surface area contributed by atoms with E-state index in [9.17, 15) is 0 Å². The number of benzene rings is 2. The normalized spacial score (nSPS) is 11.9. The first kappa shape index (κ1) is 16.4. The maximum Gasteiger partial charge on any atom is 0.0835 e. The van der Waals surface area contributed by atoms with Gasteiger partial charge in [-0.25, -0.2) is 0 Å². The third-order valence-corrected chi connectivity index (χ3v) is 4.97. The van der Waals surface area contributed by atoms with Crippen molar-refractivity contribution in [3.8, 4) is 11.3 Å². The topological polar surface area (TPSA) is 17.0 Å². The van der Waals surface area contributed by atoms with Gasteiger partial charge in [0.2, 0.25) is 0 Å². The first-order valence-corrected chi connectivity index (χ1v) is 8.55. The second-order valence-corrected chi connectivity index (χ2v) is 6.47. The minimum absolute atomic E-state index is 0.623. The van der Waals surface area contributed by atoms with Crippen molar-refractivity contribution in [3.63, 3.8) is 0 Å². The SMILES string of the molecule is CCc1c2n(c3c(Cl)c(Cl)ccc13)Cc1ccccc1-2.CNC. The Bertz CT molecular complexity index is 865. The van der Waals surface area contributed by atoms with Gasteiger partial charge in [0.1, 0.15) is 0 Å². The van der Waals surface area contributed by atoms with Gasteiger partial charge in [-0.05, 0) is 37.7 Å². The van der Waals surface area contributed by atoms with Gasteiger partial charge in [-0.3, -0.25) is 0 Å². The maximum atomic E-state index is 6.47. The van der Waals surface area contributed by atoms with Crippen molar-refractivity contribution in [3.05, 3.63) is 57.6 Å². The molecule has 2 nitrogen and oxygen atoms in total. The molecular weight excluding hydrogens is 327 g/mol. The summed E-state index contributed by atoms with van der Waals surface area (Å²) in [6.45, 7) is 3.07. The van der Waals surface area contributed by atoms with Crippen LogP contribution in [0.2, 0.25) is 10.0 Å². The van der Waals surface area contributed by atoms with E-state index in [2.05, 4.69) is 47.1 Å². The van der Waals surface area contributed by atoms with E-state index in [-0.39, 0.29) is 0 Å². The molecular formula is C19H20Cl2N2. The zero-order chi connectivity index (χ0) is 16.6. The van der Waals surface area contributed by atoms with E-state index < -0.39 is 0 Å². The smallest absolute Gasteiger partial charge is 0.0835 e. The fraction of sp³-hybridized carbons (Fsp3) is 0.263. The number of hydrogen-bond donors (Lipinski definition) is 1. The summed E-state index contributed by atoms with van der Waals surface area (Å²) < 4.78 is 2.31. The van der Waals surface area contributed by atoms with Crippen LogP contribution in [0.4, 0.5) is 0 Å². The van der Waals surface area contributed by atoms with Crippen molar-refractivity contribution in [2.45, 2.75) is 19.9 Å². The number of hydrogen-bond acceptors (Lipinski definition) is 1. The zero-order valence-corrected chi connectivity index (χ0v) is 15.1. The Morgan fingerprint density at radius 3 is 2.48 bits per heavy atom. The number of aryl methyl sites for hydroxylation is 1. The molecule has 23 heavy (non-hydrogen) atoms. The van der Waals surface area contributed by atoms with Crippen molar-refractivity contribution in [2.75, 3.05) is 14.1 Å². The lowest BCUT2D eigenvalue weighted by Gasteiger charge is -2.04. The molecule has 4 rings (SSSR count). The van der Waals surface area contributed by atoms with Crippen LogP contribution in [-0.4, -0.2) is 18.7 Å². The van der Waals surface area contributed by atoms with Crippen LogP contribution in [0.1, 0.15) is 18.1 Å². The average molecular weight is 347 g/mol. The highest BCUT2D eigenvalue weighted by Gasteiger charge is 2.26. The fourth-order valence-electron chi connectivity index (χ4n) is 3.33. The number of nitrogens with one attached hydrogen (secondary N) is 1. The van der Waals surface area contributed by atoms with Crippen LogP contribution in [0.5, 0.6) is 0 Å². The van der Waals surface area contributed by atoms with Crippen LogP contribution in [0, 0.1) is 0 Å². The highest BCUT2D eigenvalue weighted by Crippen LogP contribution is 2.44. The molecule has 0 spiro atoms. The molecule has 0 unspecified atom stereocenters. The van der Waals surface area contributed by atoms with Gasteiger partial charge >= 0.3 is 0 Å². The van der Waals surface area contributed by atoms with Crippen molar-refractivity contribution in [1.82, 2.24) is 9.88 Å². The van der Waals surface area contributed by atoms with E-state index in [0.29, 0.717) is 10.0 Å². The lowest BCUT2D eigenvalue weighted by atomic mass is 10.0. The Kier molecular flexibility index (Phi) is 4.67. The number of fused-ring (bicyclic) bond motifs is 5. The number of rotatable bonds is 1. The van der Waals surface area contributed by atoms with Gasteiger partial charge in [0.15, 0.2) is 0 Å². The lowest BCUT2D eigenvalue weighted by Crippen LogP contribution is -1.93. The standard InChI is InChI=1S/C17H13Cl2N.C2H7N/c1-2-11-13-7-8-14(18)15(19)17(13)20-9-10-5-3-4-6-12(10)16(11)20;1-3-2/h3-8H,2,9H2,1H3;3H,1-2H3. The summed E-state index contributed by atoms with van der Waals surface area (Å²) in [6.07, 6.45) is 0.991. The minimum Gasteiger partial charge on any atom is -0.334 e. The van der Waals surface area contributed by atoms with Gasteiger partial charge in [0, 0.05) is 17.5 Å². The quantitative estimate of drug-likeness (QED) is 0.489. The van der Waals surface area contributed by atoms with Crippen LogP contribution in [0.25, 0.3) is 22.2 Å². The van der Waals surface area contributed by atoms with Gasteiger partial charge in [-0.1, -0.05) is 60.5 Å². The Balaban J connectivity index is 0.000000485. The van der Waals surface area contributed by atoms with E-state index in [1.54, 1.807) is 0 Å². The van der Waals surface area contributed by atoms with E-state index in [0.717, 1.165) is 18.5 Å². The van der Waals surface area contributed by atoms with Crippen LogP contribution in [-0.2, 0) is 13.0 Å². The molecule has 0 amide bonds. The highest BCUT2D eigenvalue weighted by molar-refractivity contribution is 6.45. The third kappa shape index (κ3) is 2.55. The summed E-state index contributed by atoms with van der Waals surface area (Å²) in [5.74, 6) is 0. The van der Waals surface area contributed by atoms with E-state index in [4.69, 9.17) is 23.2 Å². The summed E-state index contributed by atoms with van der Waals surface area (Å²) in [5, 5.41) is 5.27. The van der Waals surface area contributed by atoms with E-state index in [1.807, 2.05) is 20.2 Å². The Labute approximate surface area is 147 Å². The number of nitrogens with zero attached hydrogens (tertiary/aromatic N) is 1. The summed E-state index contributed by atoms with van der Waals surface area (Å²) in [5.41, 5.74) is 6.43. The molecule has 4 heteroatoms. The predicted octanol–water partition coefficient (Wildman–Crippen LogP) is 5.37. The van der Waals surface area contributed by atoms with Crippen LogP contribution < -0.4 is 5.32 Å². The maximum absolute atomic E-state index is 6.47. The first-order valence-electron chi connectivity index (χ1n) is 7.79. The molecule has 1 aromatic heterocycles. The second kappa shape index (κ2) is 6.56. The molecule has 2 heterocycles. The van der Waals surface area contributed by atoms with E-state index in [1.165, 1.54) is 27.8 Å². The number of aromatic nitrogens is 1. The fourth-order valence-corrected chi connectivity index (χ4v) is 3.75. The molecule has 0 radical (unpaired) electrons. The lowest BCUT2D eigenvalue weighted by molar-refractivity contribution is 0.882. The Morgan fingerprint density at radius 1 is 1.09 bits per heavy atom. The molecule has 1 aliphatic heterocycles. The van der Waals surface area contributed by atoms with Gasteiger partial charge in [0.25, 0.3) is 0 Å².